The Bertz CT molecular complexity index is 450. The van der Waals surface area contributed by atoms with Crippen LogP contribution in [0.25, 0.3) is 0 Å². The monoisotopic (exact) mass is 229 g/mol. The number of carbonyl (C=O) groups is 1. The van der Waals surface area contributed by atoms with Crippen LogP contribution in [0.2, 0.25) is 0 Å². The first-order chi connectivity index (χ1) is 8.17. The van der Waals surface area contributed by atoms with Gasteiger partial charge in [0.15, 0.2) is 0 Å². The van der Waals surface area contributed by atoms with E-state index >= 15 is 0 Å². The zero-order valence-corrected chi connectivity index (χ0v) is 10.6. The van der Waals surface area contributed by atoms with Gasteiger partial charge in [-0.25, -0.2) is 0 Å². The van der Waals surface area contributed by atoms with Gasteiger partial charge in [-0.05, 0) is 24.5 Å². The average molecular weight is 229 g/mol. The van der Waals surface area contributed by atoms with Crippen LogP contribution in [0, 0.1) is 12.8 Å². The van der Waals surface area contributed by atoms with Crippen LogP contribution in [0.3, 0.4) is 0 Å². The fourth-order valence-electron chi connectivity index (χ4n) is 2.50. The molecule has 1 heterocycles. The summed E-state index contributed by atoms with van der Waals surface area (Å²) in [5, 5.41) is 0. The highest BCUT2D eigenvalue weighted by molar-refractivity contribution is 5.97. The summed E-state index contributed by atoms with van der Waals surface area (Å²) in [5.74, 6) is 0.519. The second-order valence-electron chi connectivity index (χ2n) is 4.64. The van der Waals surface area contributed by atoms with Gasteiger partial charge in [0.05, 0.1) is 0 Å². The van der Waals surface area contributed by atoms with Crippen molar-refractivity contribution < 1.29 is 4.79 Å². The third kappa shape index (κ3) is 2.12. The van der Waals surface area contributed by atoms with Crippen molar-refractivity contribution in [3.63, 3.8) is 0 Å². The minimum atomic E-state index is 0.221. The van der Waals surface area contributed by atoms with Gasteiger partial charge >= 0.3 is 0 Å². The van der Waals surface area contributed by atoms with Gasteiger partial charge in [-0.1, -0.05) is 31.2 Å². The van der Waals surface area contributed by atoms with Gasteiger partial charge in [-0.2, -0.15) is 0 Å². The molecule has 1 aliphatic heterocycles. The Morgan fingerprint density at radius 3 is 2.88 bits per heavy atom. The van der Waals surface area contributed by atoms with Crippen molar-refractivity contribution in [3.8, 4) is 0 Å². The maximum Gasteiger partial charge on any atom is 0.227 e. The van der Waals surface area contributed by atoms with Crippen LogP contribution < -0.4 is 4.90 Å². The second kappa shape index (κ2) is 4.74. The molecule has 1 fully saturated rings. The Morgan fingerprint density at radius 1 is 1.53 bits per heavy atom. The molecule has 1 aliphatic rings. The van der Waals surface area contributed by atoms with Crippen molar-refractivity contribution in [3.05, 3.63) is 42.0 Å². The van der Waals surface area contributed by atoms with E-state index in [4.69, 9.17) is 0 Å². The highest BCUT2D eigenvalue weighted by Gasteiger charge is 2.30. The molecule has 1 amide bonds. The molecule has 1 atom stereocenters. The lowest BCUT2D eigenvalue weighted by molar-refractivity contribution is -0.117. The van der Waals surface area contributed by atoms with Crippen LogP contribution in [0.4, 0.5) is 5.69 Å². The predicted octanol–water partition coefficient (Wildman–Crippen LogP) is 3.10. The Labute approximate surface area is 103 Å². The van der Waals surface area contributed by atoms with Crippen LogP contribution in [-0.4, -0.2) is 12.5 Å². The number of benzene rings is 1. The second-order valence-corrected chi connectivity index (χ2v) is 4.64. The molecule has 1 aromatic carbocycles. The number of aryl methyl sites for hydroxylation is 2. The lowest BCUT2D eigenvalue weighted by atomic mass is 10.0. The molecular formula is C15H19NO. The summed E-state index contributed by atoms with van der Waals surface area (Å²) in [5.41, 5.74) is 3.55. The Kier molecular flexibility index (Phi) is 3.32. The number of para-hydroxylation sites is 1. The molecule has 1 saturated heterocycles. The van der Waals surface area contributed by atoms with E-state index in [1.165, 1.54) is 11.1 Å². The van der Waals surface area contributed by atoms with E-state index in [9.17, 15) is 4.79 Å². The smallest absolute Gasteiger partial charge is 0.227 e. The Hall–Kier alpha value is -1.57. The van der Waals surface area contributed by atoms with E-state index in [0.29, 0.717) is 12.3 Å². The minimum absolute atomic E-state index is 0.221. The first-order valence-corrected chi connectivity index (χ1v) is 6.18. The summed E-state index contributed by atoms with van der Waals surface area (Å²) in [6.45, 7) is 8.77. The van der Waals surface area contributed by atoms with Crippen molar-refractivity contribution in [1.82, 2.24) is 0 Å². The standard InChI is InChI=1S/C15H19NO/c1-4-12-9-14(17)16(10-12)15-11(3)7-6-8-13(15)5-2/h4,6-8,12H,1,5,9-10H2,2-3H3. The molecule has 2 heteroatoms. The van der Waals surface area contributed by atoms with E-state index in [2.05, 4.69) is 38.6 Å². The highest BCUT2D eigenvalue weighted by atomic mass is 16.2. The van der Waals surface area contributed by atoms with E-state index < -0.39 is 0 Å². The van der Waals surface area contributed by atoms with Gasteiger partial charge in [0, 0.05) is 24.6 Å². The number of anilines is 1. The molecule has 1 aromatic rings. The molecule has 0 N–H and O–H groups in total. The van der Waals surface area contributed by atoms with E-state index in [1.807, 2.05) is 11.0 Å². The summed E-state index contributed by atoms with van der Waals surface area (Å²) in [7, 11) is 0. The maximum atomic E-state index is 12.0. The summed E-state index contributed by atoms with van der Waals surface area (Å²) in [6.07, 6.45) is 3.45. The number of amides is 1. The molecular weight excluding hydrogens is 210 g/mol. The summed E-state index contributed by atoms with van der Waals surface area (Å²) < 4.78 is 0. The van der Waals surface area contributed by atoms with Gasteiger partial charge in [0.1, 0.15) is 0 Å². The quantitative estimate of drug-likeness (QED) is 0.729. The fourth-order valence-corrected chi connectivity index (χ4v) is 2.50. The molecule has 0 radical (unpaired) electrons. The van der Waals surface area contributed by atoms with Gasteiger partial charge < -0.3 is 4.90 Å². The lowest BCUT2D eigenvalue weighted by Crippen LogP contribution is -2.26. The molecule has 0 saturated carbocycles. The normalized spacial score (nSPS) is 19.8. The molecule has 2 nitrogen and oxygen atoms in total. The summed E-state index contributed by atoms with van der Waals surface area (Å²) in [6, 6.07) is 6.24. The molecule has 0 bridgehead atoms. The maximum absolute atomic E-state index is 12.0. The SMILES string of the molecule is C=CC1CC(=O)N(c2c(C)cccc2CC)C1. The largest absolute Gasteiger partial charge is 0.311 e. The molecule has 90 valence electrons. The van der Waals surface area contributed by atoms with Crippen LogP contribution in [0.1, 0.15) is 24.5 Å². The number of hydrogen-bond acceptors (Lipinski definition) is 1. The van der Waals surface area contributed by atoms with Crippen molar-refractivity contribution in [2.75, 3.05) is 11.4 Å². The fraction of sp³-hybridized carbons (Fsp3) is 0.400. The Balaban J connectivity index is 2.40. The zero-order valence-electron chi connectivity index (χ0n) is 10.6. The molecule has 0 aliphatic carbocycles. The molecule has 2 rings (SSSR count). The molecule has 0 aromatic heterocycles. The number of nitrogens with zero attached hydrogens (tertiary/aromatic N) is 1. The predicted molar refractivity (Wildman–Crippen MR) is 71.2 cm³/mol. The van der Waals surface area contributed by atoms with E-state index in [-0.39, 0.29) is 5.91 Å². The third-order valence-corrected chi connectivity index (χ3v) is 3.46. The van der Waals surface area contributed by atoms with Crippen LogP contribution in [-0.2, 0) is 11.2 Å². The van der Waals surface area contributed by atoms with Gasteiger partial charge in [0.25, 0.3) is 0 Å². The van der Waals surface area contributed by atoms with Gasteiger partial charge in [0.2, 0.25) is 5.91 Å². The molecule has 1 unspecified atom stereocenters. The van der Waals surface area contributed by atoms with Gasteiger partial charge in [-0.15, -0.1) is 6.58 Å². The highest BCUT2D eigenvalue weighted by Crippen LogP contribution is 2.31. The summed E-state index contributed by atoms with van der Waals surface area (Å²) in [4.78, 5) is 14.0. The first-order valence-electron chi connectivity index (χ1n) is 6.18. The first kappa shape index (κ1) is 11.9. The van der Waals surface area contributed by atoms with Crippen molar-refractivity contribution in [1.29, 1.82) is 0 Å². The lowest BCUT2D eigenvalue weighted by Gasteiger charge is -2.22. The number of hydrogen-bond donors (Lipinski definition) is 0. The van der Waals surface area contributed by atoms with Crippen LogP contribution in [0.15, 0.2) is 30.9 Å². The molecule has 17 heavy (non-hydrogen) atoms. The topological polar surface area (TPSA) is 20.3 Å². The third-order valence-electron chi connectivity index (χ3n) is 3.46. The summed E-state index contributed by atoms with van der Waals surface area (Å²) >= 11 is 0. The Morgan fingerprint density at radius 2 is 2.29 bits per heavy atom. The van der Waals surface area contributed by atoms with Crippen molar-refractivity contribution in [2.45, 2.75) is 26.7 Å². The van der Waals surface area contributed by atoms with E-state index in [1.54, 1.807) is 0 Å². The minimum Gasteiger partial charge on any atom is -0.311 e. The number of rotatable bonds is 3. The van der Waals surface area contributed by atoms with Crippen LogP contribution >= 0.6 is 0 Å². The average Bonchev–Trinajstić information content (AvgIpc) is 2.70. The van der Waals surface area contributed by atoms with Gasteiger partial charge in [-0.3, -0.25) is 4.79 Å². The number of carbonyl (C=O) groups excluding carboxylic acids is 1. The van der Waals surface area contributed by atoms with Crippen molar-refractivity contribution in [2.24, 2.45) is 5.92 Å². The molecule has 0 spiro atoms. The zero-order chi connectivity index (χ0) is 12.4. The van der Waals surface area contributed by atoms with Crippen LogP contribution in [0.5, 0.6) is 0 Å². The van der Waals surface area contributed by atoms with Crippen molar-refractivity contribution >= 4 is 11.6 Å². The van der Waals surface area contributed by atoms with E-state index in [0.717, 1.165) is 18.7 Å².